The topological polar surface area (TPSA) is 100 Å². The molecule has 1 aliphatic carbocycles. The Bertz CT molecular complexity index is 1110. The lowest BCUT2D eigenvalue weighted by atomic mass is 10.2. The molecule has 1 aromatic heterocycles. The van der Waals surface area contributed by atoms with Crippen molar-refractivity contribution in [2.45, 2.75) is 37.6 Å². The minimum absolute atomic E-state index is 0.0839. The van der Waals surface area contributed by atoms with E-state index in [1.54, 1.807) is 31.2 Å². The van der Waals surface area contributed by atoms with E-state index < -0.39 is 9.84 Å². The number of likely N-dealkylation sites (tertiary alicyclic amines) is 1. The van der Waals surface area contributed by atoms with Gasteiger partial charge in [0, 0.05) is 31.3 Å². The van der Waals surface area contributed by atoms with Crippen molar-refractivity contribution in [1.82, 2.24) is 9.88 Å². The lowest BCUT2D eigenvalue weighted by Crippen LogP contribution is -2.28. The summed E-state index contributed by atoms with van der Waals surface area (Å²) >= 11 is 0. The van der Waals surface area contributed by atoms with Crippen molar-refractivity contribution in [3.63, 3.8) is 0 Å². The van der Waals surface area contributed by atoms with E-state index in [-0.39, 0.29) is 10.8 Å². The van der Waals surface area contributed by atoms with Gasteiger partial charge < -0.3 is 19.6 Å². The molecule has 3 heterocycles. The average Bonchev–Trinajstić information content (AvgIpc) is 3.46. The van der Waals surface area contributed by atoms with Crippen LogP contribution in [0.2, 0.25) is 0 Å². The minimum atomic E-state index is -3.34. The highest BCUT2D eigenvalue weighted by atomic mass is 32.2. The van der Waals surface area contributed by atoms with Gasteiger partial charge in [0.25, 0.3) is 0 Å². The molecule has 2 aliphatic heterocycles. The van der Waals surface area contributed by atoms with Crippen molar-refractivity contribution in [2.75, 3.05) is 37.4 Å². The molecule has 32 heavy (non-hydrogen) atoms. The van der Waals surface area contributed by atoms with Crippen molar-refractivity contribution in [1.29, 1.82) is 0 Å². The number of anilines is 2. The summed E-state index contributed by atoms with van der Waals surface area (Å²) in [6, 6.07) is 6.68. The molecule has 2 aromatic rings. The first-order valence-electron chi connectivity index (χ1n) is 10.9. The van der Waals surface area contributed by atoms with Gasteiger partial charge in [0.15, 0.2) is 14.9 Å². The molecule has 0 unspecified atom stereocenters. The molecular formula is C23H29N3O5S. The Kier molecular flexibility index (Phi) is 6.28. The molecule has 3 aliphatic rings. The van der Waals surface area contributed by atoms with Crippen molar-refractivity contribution in [3.8, 4) is 11.5 Å². The van der Waals surface area contributed by atoms with E-state index in [1.165, 1.54) is 19.0 Å². The molecule has 2 fully saturated rings. The van der Waals surface area contributed by atoms with Crippen LogP contribution >= 0.6 is 0 Å². The molecule has 0 radical (unpaired) electrons. The first-order valence-corrected chi connectivity index (χ1v) is 12.8. The normalized spacial score (nSPS) is 17.8. The monoisotopic (exact) mass is 459 g/mol. The SMILES string of the molecule is Cc1cc(N2CCOc3ccc(O)cc32)cnc1S(C)(=O)=O.O=C(C1CC1)N1CCCC1. The summed E-state index contributed by atoms with van der Waals surface area (Å²) in [5.74, 6) is 1.68. The van der Waals surface area contributed by atoms with Crippen molar-refractivity contribution < 1.29 is 23.1 Å². The fourth-order valence-corrected chi connectivity index (χ4v) is 4.97. The Morgan fingerprint density at radius 1 is 1.16 bits per heavy atom. The number of phenols is 1. The van der Waals surface area contributed by atoms with Crippen LogP contribution in [0.3, 0.4) is 0 Å². The summed E-state index contributed by atoms with van der Waals surface area (Å²) in [6.45, 7) is 4.86. The highest BCUT2D eigenvalue weighted by Gasteiger charge is 2.34. The van der Waals surface area contributed by atoms with Crippen LogP contribution in [0.4, 0.5) is 11.4 Å². The number of rotatable bonds is 3. The maximum atomic E-state index is 11.7. The van der Waals surface area contributed by atoms with Gasteiger partial charge in [-0.05, 0) is 56.4 Å². The number of pyridine rings is 1. The molecule has 0 bridgehead atoms. The van der Waals surface area contributed by atoms with Crippen molar-refractivity contribution >= 4 is 27.1 Å². The van der Waals surface area contributed by atoms with E-state index in [0.717, 1.165) is 43.6 Å². The van der Waals surface area contributed by atoms with Crippen LogP contribution in [0, 0.1) is 12.8 Å². The third-order valence-electron chi connectivity index (χ3n) is 5.83. The summed E-state index contributed by atoms with van der Waals surface area (Å²) in [5, 5.41) is 9.77. The van der Waals surface area contributed by atoms with Gasteiger partial charge in [0.2, 0.25) is 5.91 Å². The van der Waals surface area contributed by atoms with E-state index in [1.807, 2.05) is 9.80 Å². The van der Waals surface area contributed by atoms with Gasteiger partial charge in [0.05, 0.1) is 24.1 Å². The number of benzene rings is 1. The van der Waals surface area contributed by atoms with E-state index in [9.17, 15) is 18.3 Å². The number of carbonyl (C=O) groups is 1. The van der Waals surface area contributed by atoms with Gasteiger partial charge in [0.1, 0.15) is 18.1 Å². The van der Waals surface area contributed by atoms with Crippen molar-refractivity contribution in [3.05, 3.63) is 36.0 Å². The number of aromatic hydroxyl groups is 1. The summed E-state index contributed by atoms with van der Waals surface area (Å²) in [4.78, 5) is 19.4. The number of fused-ring (bicyclic) bond motifs is 1. The highest BCUT2D eigenvalue weighted by molar-refractivity contribution is 7.90. The third kappa shape index (κ3) is 4.98. The fourth-order valence-electron chi connectivity index (χ4n) is 4.08. The Labute approximate surface area is 188 Å². The number of hydrogen-bond acceptors (Lipinski definition) is 7. The van der Waals surface area contributed by atoms with Crippen LogP contribution in [0.1, 0.15) is 31.2 Å². The molecule has 5 rings (SSSR count). The van der Waals surface area contributed by atoms with Crippen LogP contribution < -0.4 is 9.64 Å². The smallest absolute Gasteiger partial charge is 0.225 e. The van der Waals surface area contributed by atoms with Gasteiger partial charge in [-0.3, -0.25) is 4.79 Å². The zero-order valence-electron chi connectivity index (χ0n) is 18.5. The van der Waals surface area contributed by atoms with E-state index in [4.69, 9.17) is 4.74 Å². The molecule has 8 nitrogen and oxygen atoms in total. The molecule has 1 saturated carbocycles. The molecule has 1 aromatic carbocycles. The van der Waals surface area contributed by atoms with Crippen LogP contribution in [-0.4, -0.2) is 61.8 Å². The number of phenolic OH excluding ortho intramolecular Hbond substituents is 1. The van der Waals surface area contributed by atoms with Gasteiger partial charge in [-0.1, -0.05) is 0 Å². The maximum absolute atomic E-state index is 11.7. The number of ether oxygens (including phenoxy) is 1. The predicted octanol–water partition coefficient (Wildman–Crippen LogP) is 3.05. The Morgan fingerprint density at radius 3 is 2.50 bits per heavy atom. The second kappa shape index (κ2) is 8.97. The molecule has 172 valence electrons. The number of nitrogens with zero attached hydrogens (tertiary/aromatic N) is 3. The quantitative estimate of drug-likeness (QED) is 0.753. The summed E-state index contributed by atoms with van der Waals surface area (Å²) in [7, 11) is -3.34. The zero-order chi connectivity index (χ0) is 22.9. The molecule has 0 atom stereocenters. The van der Waals surface area contributed by atoms with E-state index in [2.05, 4.69) is 4.98 Å². The average molecular weight is 460 g/mol. The summed E-state index contributed by atoms with van der Waals surface area (Å²) in [5.41, 5.74) is 2.09. The van der Waals surface area contributed by atoms with Gasteiger partial charge >= 0.3 is 0 Å². The van der Waals surface area contributed by atoms with Gasteiger partial charge in [-0.25, -0.2) is 13.4 Å². The fraction of sp³-hybridized carbons (Fsp3) is 0.478. The van der Waals surface area contributed by atoms with Crippen LogP contribution in [0.15, 0.2) is 35.5 Å². The zero-order valence-corrected chi connectivity index (χ0v) is 19.3. The third-order valence-corrected chi connectivity index (χ3v) is 6.96. The molecule has 1 saturated heterocycles. The summed E-state index contributed by atoms with van der Waals surface area (Å²) < 4.78 is 28.9. The second-order valence-electron chi connectivity index (χ2n) is 8.55. The highest BCUT2D eigenvalue weighted by Crippen LogP contribution is 2.39. The van der Waals surface area contributed by atoms with Crippen molar-refractivity contribution in [2.24, 2.45) is 5.92 Å². The van der Waals surface area contributed by atoms with E-state index >= 15 is 0 Å². The number of aryl methyl sites for hydroxylation is 1. The van der Waals surface area contributed by atoms with E-state index in [0.29, 0.717) is 36.3 Å². The number of aromatic nitrogens is 1. The second-order valence-corrected chi connectivity index (χ2v) is 10.5. The lowest BCUT2D eigenvalue weighted by Gasteiger charge is -2.31. The Morgan fingerprint density at radius 2 is 1.88 bits per heavy atom. The molecular weight excluding hydrogens is 430 g/mol. The number of hydrogen-bond donors (Lipinski definition) is 1. The molecule has 9 heteroatoms. The standard InChI is InChI=1S/C15H16N2O4S.C8H13NO/c1-10-7-11(9-16-15(10)22(2,19)20)17-5-6-21-14-4-3-12(18)8-13(14)17;10-8(7-3-4-7)9-5-1-2-6-9/h3-4,7-9,18H,5-6H2,1-2H3;7H,1-6H2. The predicted molar refractivity (Wildman–Crippen MR) is 121 cm³/mol. The number of sulfone groups is 1. The Hall–Kier alpha value is -2.81. The number of carbonyl (C=O) groups excluding carboxylic acids is 1. The lowest BCUT2D eigenvalue weighted by molar-refractivity contribution is -0.131. The molecule has 1 amide bonds. The van der Waals surface area contributed by atoms with Crippen LogP contribution in [-0.2, 0) is 14.6 Å². The first-order chi connectivity index (χ1) is 15.2. The first kappa shape index (κ1) is 22.4. The van der Waals surface area contributed by atoms with Crippen LogP contribution in [0.5, 0.6) is 11.5 Å². The summed E-state index contributed by atoms with van der Waals surface area (Å²) in [6.07, 6.45) is 7.41. The van der Waals surface area contributed by atoms with Gasteiger partial charge in [-0.15, -0.1) is 0 Å². The Balaban J connectivity index is 0.000000203. The molecule has 1 N–H and O–H groups in total. The largest absolute Gasteiger partial charge is 0.508 e. The van der Waals surface area contributed by atoms with Gasteiger partial charge in [-0.2, -0.15) is 0 Å². The number of amides is 1. The minimum Gasteiger partial charge on any atom is -0.508 e. The van der Waals surface area contributed by atoms with Crippen LogP contribution in [0.25, 0.3) is 0 Å². The maximum Gasteiger partial charge on any atom is 0.225 e. The molecule has 0 spiro atoms.